The number of halogens is 3. The minimum Gasteiger partial charge on any atom is -0.307 e. The molecule has 0 aliphatic carbocycles. The lowest BCUT2D eigenvalue weighted by atomic mass is 10.1. The Labute approximate surface area is 96.9 Å². The fourth-order valence-electron chi connectivity index (χ4n) is 1.64. The van der Waals surface area contributed by atoms with Crippen molar-refractivity contribution in [1.82, 2.24) is 10.3 Å². The van der Waals surface area contributed by atoms with Crippen molar-refractivity contribution in [2.45, 2.75) is 45.5 Å². The summed E-state index contributed by atoms with van der Waals surface area (Å²) in [7, 11) is 0. The van der Waals surface area contributed by atoms with Crippen LogP contribution in [0.2, 0.25) is 0 Å². The second-order valence-electron chi connectivity index (χ2n) is 3.91. The zero-order valence-electron chi connectivity index (χ0n) is 9.43. The summed E-state index contributed by atoms with van der Waals surface area (Å²) >= 11 is 1.46. The van der Waals surface area contributed by atoms with Gasteiger partial charge in [-0.05, 0) is 20.8 Å². The van der Waals surface area contributed by atoms with Gasteiger partial charge in [0, 0.05) is 17.0 Å². The molecule has 1 aromatic heterocycles. The zero-order chi connectivity index (χ0) is 12.3. The molecule has 92 valence electrons. The van der Waals surface area contributed by atoms with Crippen LogP contribution in [0.5, 0.6) is 0 Å². The molecule has 1 rings (SSSR count). The Kier molecular flexibility index (Phi) is 4.32. The van der Waals surface area contributed by atoms with E-state index < -0.39 is 18.6 Å². The summed E-state index contributed by atoms with van der Waals surface area (Å²) in [6.07, 6.45) is -4.93. The first-order valence-electron chi connectivity index (χ1n) is 5.02. The number of nitrogens with zero attached hydrogens (tertiary/aromatic N) is 1. The average molecular weight is 252 g/mol. The predicted octanol–water partition coefficient (Wildman–Crippen LogP) is 3.44. The van der Waals surface area contributed by atoms with Gasteiger partial charge in [0.05, 0.1) is 17.6 Å². The summed E-state index contributed by atoms with van der Waals surface area (Å²) in [5.41, 5.74) is 2.58. The Balaban J connectivity index is 2.52. The zero-order valence-corrected chi connectivity index (χ0v) is 10.2. The predicted molar refractivity (Wildman–Crippen MR) is 58.5 cm³/mol. The number of hydrogen-bond acceptors (Lipinski definition) is 3. The molecule has 0 radical (unpaired) electrons. The summed E-state index contributed by atoms with van der Waals surface area (Å²) in [5.74, 6) is 0. The van der Waals surface area contributed by atoms with Crippen molar-refractivity contribution < 1.29 is 13.2 Å². The Bertz CT molecular complexity index is 335. The Morgan fingerprint density at radius 1 is 1.44 bits per heavy atom. The van der Waals surface area contributed by atoms with Crippen molar-refractivity contribution >= 4 is 11.3 Å². The number of alkyl halides is 3. The standard InChI is InChI=1S/C10H15F3N2S/c1-6(4-10(11,12)13)15-8(3)9-7(2)14-5-16-9/h5-6,8,15H,4H2,1-3H3. The second kappa shape index (κ2) is 5.14. The summed E-state index contributed by atoms with van der Waals surface area (Å²) in [6.45, 7) is 5.26. The van der Waals surface area contributed by atoms with E-state index in [-0.39, 0.29) is 6.04 Å². The molecular formula is C10H15F3N2S. The van der Waals surface area contributed by atoms with E-state index in [1.807, 2.05) is 13.8 Å². The summed E-state index contributed by atoms with van der Waals surface area (Å²) in [5, 5.41) is 2.93. The molecule has 1 aromatic rings. The van der Waals surface area contributed by atoms with E-state index in [4.69, 9.17) is 0 Å². The van der Waals surface area contributed by atoms with Crippen LogP contribution in [-0.4, -0.2) is 17.2 Å². The van der Waals surface area contributed by atoms with Gasteiger partial charge in [0.25, 0.3) is 0 Å². The average Bonchev–Trinajstić information content (AvgIpc) is 2.47. The quantitative estimate of drug-likeness (QED) is 0.887. The van der Waals surface area contributed by atoms with Crippen LogP contribution < -0.4 is 5.32 Å². The van der Waals surface area contributed by atoms with Crippen molar-refractivity contribution in [2.24, 2.45) is 0 Å². The number of aromatic nitrogens is 1. The number of aryl methyl sites for hydroxylation is 1. The molecule has 0 spiro atoms. The van der Waals surface area contributed by atoms with Gasteiger partial charge < -0.3 is 5.32 Å². The monoisotopic (exact) mass is 252 g/mol. The normalized spacial score (nSPS) is 16.1. The lowest BCUT2D eigenvalue weighted by molar-refractivity contribution is -0.139. The van der Waals surface area contributed by atoms with Crippen molar-refractivity contribution in [3.05, 3.63) is 16.1 Å². The fourth-order valence-corrected chi connectivity index (χ4v) is 2.45. The van der Waals surface area contributed by atoms with Gasteiger partial charge in [-0.15, -0.1) is 11.3 Å². The van der Waals surface area contributed by atoms with Crippen LogP contribution in [0, 0.1) is 6.92 Å². The highest BCUT2D eigenvalue weighted by molar-refractivity contribution is 7.09. The van der Waals surface area contributed by atoms with Gasteiger partial charge in [-0.25, -0.2) is 4.98 Å². The van der Waals surface area contributed by atoms with Gasteiger partial charge in [0.2, 0.25) is 0 Å². The van der Waals surface area contributed by atoms with E-state index >= 15 is 0 Å². The lowest BCUT2D eigenvalue weighted by Gasteiger charge is -2.20. The van der Waals surface area contributed by atoms with Gasteiger partial charge in [-0.2, -0.15) is 13.2 Å². The van der Waals surface area contributed by atoms with E-state index in [9.17, 15) is 13.2 Å². The highest BCUT2D eigenvalue weighted by atomic mass is 32.1. The van der Waals surface area contributed by atoms with E-state index in [1.165, 1.54) is 11.3 Å². The number of rotatable bonds is 4. The van der Waals surface area contributed by atoms with Crippen molar-refractivity contribution in [1.29, 1.82) is 0 Å². The Morgan fingerprint density at radius 3 is 2.50 bits per heavy atom. The van der Waals surface area contributed by atoms with Crippen LogP contribution in [0.1, 0.15) is 36.9 Å². The Hall–Kier alpha value is -0.620. The maximum Gasteiger partial charge on any atom is 0.390 e. The highest BCUT2D eigenvalue weighted by Gasteiger charge is 2.30. The Morgan fingerprint density at radius 2 is 2.06 bits per heavy atom. The summed E-state index contributed by atoms with van der Waals surface area (Å²) in [4.78, 5) is 5.07. The molecule has 0 bridgehead atoms. The molecule has 0 aliphatic rings. The largest absolute Gasteiger partial charge is 0.390 e. The lowest BCUT2D eigenvalue weighted by Crippen LogP contribution is -2.33. The molecule has 1 N–H and O–H groups in total. The summed E-state index contributed by atoms with van der Waals surface area (Å²) in [6, 6.07) is -0.679. The maximum atomic E-state index is 12.1. The first kappa shape index (κ1) is 13.4. The van der Waals surface area contributed by atoms with Crippen molar-refractivity contribution in [3.8, 4) is 0 Å². The molecule has 2 nitrogen and oxygen atoms in total. The second-order valence-corrected chi connectivity index (χ2v) is 4.80. The van der Waals surface area contributed by atoms with Gasteiger partial charge in [0.15, 0.2) is 0 Å². The van der Waals surface area contributed by atoms with Gasteiger partial charge >= 0.3 is 6.18 Å². The SMILES string of the molecule is Cc1ncsc1C(C)NC(C)CC(F)(F)F. The first-order chi connectivity index (χ1) is 7.29. The third kappa shape index (κ3) is 4.09. The van der Waals surface area contributed by atoms with Gasteiger partial charge in [-0.1, -0.05) is 0 Å². The van der Waals surface area contributed by atoms with Crippen LogP contribution in [0.25, 0.3) is 0 Å². The first-order valence-corrected chi connectivity index (χ1v) is 5.90. The van der Waals surface area contributed by atoms with Crippen LogP contribution in [-0.2, 0) is 0 Å². The minimum atomic E-state index is -4.12. The van der Waals surface area contributed by atoms with Crippen LogP contribution in [0.15, 0.2) is 5.51 Å². The van der Waals surface area contributed by atoms with Crippen molar-refractivity contribution in [2.75, 3.05) is 0 Å². The molecule has 0 amide bonds. The van der Waals surface area contributed by atoms with Crippen LogP contribution >= 0.6 is 11.3 Å². The smallest absolute Gasteiger partial charge is 0.307 e. The molecule has 2 unspecified atom stereocenters. The van der Waals surface area contributed by atoms with E-state index in [1.54, 1.807) is 12.4 Å². The van der Waals surface area contributed by atoms with E-state index in [0.717, 1.165) is 10.6 Å². The van der Waals surface area contributed by atoms with E-state index in [0.29, 0.717) is 0 Å². The molecule has 1 heterocycles. The fraction of sp³-hybridized carbons (Fsp3) is 0.700. The highest BCUT2D eigenvalue weighted by Crippen LogP contribution is 2.25. The summed E-state index contributed by atoms with van der Waals surface area (Å²) < 4.78 is 36.4. The molecule has 0 saturated carbocycles. The van der Waals surface area contributed by atoms with Crippen molar-refractivity contribution in [3.63, 3.8) is 0 Å². The van der Waals surface area contributed by atoms with Gasteiger partial charge in [0.1, 0.15) is 0 Å². The third-order valence-electron chi connectivity index (χ3n) is 2.25. The molecule has 6 heteroatoms. The molecule has 0 aromatic carbocycles. The van der Waals surface area contributed by atoms with Gasteiger partial charge in [-0.3, -0.25) is 0 Å². The minimum absolute atomic E-state index is 0.0927. The number of hydrogen-bond donors (Lipinski definition) is 1. The topological polar surface area (TPSA) is 24.9 Å². The molecule has 2 atom stereocenters. The molecule has 0 aliphatic heterocycles. The van der Waals surface area contributed by atoms with Crippen LogP contribution in [0.4, 0.5) is 13.2 Å². The molecule has 16 heavy (non-hydrogen) atoms. The third-order valence-corrected chi connectivity index (χ3v) is 3.36. The van der Waals surface area contributed by atoms with E-state index in [2.05, 4.69) is 10.3 Å². The number of thiazole rings is 1. The maximum absolute atomic E-state index is 12.1. The number of nitrogens with one attached hydrogen (secondary N) is 1. The molecular weight excluding hydrogens is 237 g/mol. The molecule has 0 saturated heterocycles. The van der Waals surface area contributed by atoms with Crippen LogP contribution in [0.3, 0.4) is 0 Å². The molecule has 0 fully saturated rings.